The molecule has 0 unspecified atom stereocenters. The molecule has 0 aliphatic rings. The highest BCUT2D eigenvalue weighted by molar-refractivity contribution is 5.48. The Morgan fingerprint density at radius 3 is 2.36 bits per heavy atom. The maximum Gasteiger partial charge on any atom is 0.0368 e. The van der Waals surface area contributed by atoms with E-state index in [1.165, 1.54) is 24.1 Å². The Bertz CT molecular complexity index is 264. The second kappa shape index (κ2) is 5.69. The number of nitrogens with zero attached hydrogens (tertiary/aromatic N) is 1. The molecule has 0 bridgehead atoms. The van der Waals surface area contributed by atoms with Crippen LogP contribution in [0.15, 0.2) is 24.3 Å². The summed E-state index contributed by atoms with van der Waals surface area (Å²) in [5, 5.41) is 0. The van der Waals surface area contributed by atoms with Crippen molar-refractivity contribution >= 4 is 5.69 Å². The molecule has 1 aromatic carbocycles. The van der Waals surface area contributed by atoms with Gasteiger partial charge >= 0.3 is 0 Å². The van der Waals surface area contributed by atoms with Crippen LogP contribution in [0, 0.1) is 0 Å². The van der Waals surface area contributed by atoms with E-state index in [0.717, 1.165) is 13.1 Å². The van der Waals surface area contributed by atoms with Crippen LogP contribution in [0.3, 0.4) is 0 Å². The van der Waals surface area contributed by atoms with Gasteiger partial charge in [-0.15, -0.1) is 0 Å². The van der Waals surface area contributed by atoms with Crippen molar-refractivity contribution in [3.05, 3.63) is 29.8 Å². The summed E-state index contributed by atoms with van der Waals surface area (Å²) in [7, 11) is 0. The van der Waals surface area contributed by atoms with Crippen LogP contribution in [-0.2, 0) is 6.42 Å². The van der Waals surface area contributed by atoms with Crippen LogP contribution < -0.4 is 4.90 Å². The van der Waals surface area contributed by atoms with Crippen LogP contribution in [-0.4, -0.2) is 13.1 Å². The van der Waals surface area contributed by atoms with Gasteiger partial charge in [0.15, 0.2) is 0 Å². The molecule has 0 aliphatic heterocycles. The summed E-state index contributed by atoms with van der Waals surface area (Å²) in [6.07, 6.45) is 2.41. The SMILES string of the molecule is CCCc1cccc(N(CC)CC)c1. The Morgan fingerprint density at radius 2 is 1.79 bits per heavy atom. The van der Waals surface area contributed by atoms with E-state index in [0.29, 0.717) is 0 Å². The number of anilines is 1. The zero-order chi connectivity index (χ0) is 10.4. The molecule has 1 aromatic rings. The average molecular weight is 191 g/mol. The van der Waals surface area contributed by atoms with E-state index in [1.54, 1.807) is 0 Å². The van der Waals surface area contributed by atoms with E-state index in [4.69, 9.17) is 0 Å². The number of rotatable bonds is 5. The fourth-order valence-corrected chi connectivity index (χ4v) is 1.79. The largest absolute Gasteiger partial charge is 0.372 e. The van der Waals surface area contributed by atoms with Gasteiger partial charge < -0.3 is 4.90 Å². The predicted molar refractivity (Wildman–Crippen MR) is 64.0 cm³/mol. The van der Waals surface area contributed by atoms with Gasteiger partial charge in [-0.1, -0.05) is 25.5 Å². The van der Waals surface area contributed by atoms with Gasteiger partial charge in [0.25, 0.3) is 0 Å². The Morgan fingerprint density at radius 1 is 1.07 bits per heavy atom. The summed E-state index contributed by atoms with van der Waals surface area (Å²) in [6.45, 7) is 8.81. The van der Waals surface area contributed by atoms with Crippen molar-refractivity contribution in [1.29, 1.82) is 0 Å². The molecular weight excluding hydrogens is 170 g/mol. The first kappa shape index (κ1) is 11.1. The van der Waals surface area contributed by atoms with Crippen LogP contribution in [0.5, 0.6) is 0 Å². The normalized spacial score (nSPS) is 10.2. The fourth-order valence-electron chi connectivity index (χ4n) is 1.79. The first-order valence-corrected chi connectivity index (χ1v) is 5.65. The third-order valence-electron chi connectivity index (χ3n) is 2.58. The highest BCUT2D eigenvalue weighted by Crippen LogP contribution is 2.16. The van der Waals surface area contributed by atoms with Crippen molar-refractivity contribution in [3.63, 3.8) is 0 Å². The Labute approximate surface area is 87.7 Å². The summed E-state index contributed by atoms with van der Waals surface area (Å²) < 4.78 is 0. The number of hydrogen-bond acceptors (Lipinski definition) is 1. The van der Waals surface area contributed by atoms with Gasteiger partial charge in [0.2, 0.25) is 0 Å². The van der Waals surface area contributed by atoms with Gasteiger partial charge in [-0.2, -0.15) is 0 Å². The molecule has 0 amide bonds. The molecule has 14 heavy (non-hydrogen) atoms. The molecule has 1 rings (SSSR count). The van der Waals surface area contributed by atoms with Gasteiger partial charge in [0.05, 0.1) is 0 Å². The summed E-state index contributed by atoms with van der Waals surface area (Å²) in [6, 6.07) is 8.90. The summed E-state index contributed by atoms with van der Waals surface area (Å²) in [5.41, 5.74) is 2.82. The highest BCUT2D eigenvalue weighted by atomic mass is 15.1. The van der Waals surface area contributed by atoms with Crippen LogP contribution in [0.25, 0.3) is 0 Å². The predicted octanol–water partition coefficient (Wildman–Crippen LogP) is 3.49. The second-order valence-electron chi connectivity index (χ2n) is 3.59. The van der Waals surface area contributed by atoms with E-state index < -0.39 is 0 Å². The molecule has 1 heteroatoms. The van der Waals surface area contributed by atoms with E-state index in [-0.39, 0.29) is 0 Å². The van der Waals surface area contributed by atoms with Crippen LogP contribution in [0.2, 0.25) is 0 Å². The highest BCUT2D eigenvalue weighted by Gasteiger charge is 2.01. The lowest BCUT2D eigenvalue weighted by atomic mass is 10.1. The standard InChI is InChI=1S/C13H21N/c1-4-8-12-9-7-10-13(11-12)14(5-2)6-3/h7,9-11H,4-6,8H2,1-3H3. The summed E-state index contributed by atoms with van der Waals surface area (Å²) in [5.74, 6) is 0. The molecular formula is C13H21N. The third kappa shape index (κ3) is 2.76. The summed E-state index contributed by atoms with van der Waals surface area (Å²) in [4.78, 5) is 2.39. The smallest absolute Gasteiger partial charge is 0.0368 e. The van der Waals surface area contributed by atoms with Crippen LogP contribution in [0.4, 0.5) is 5.69 Å². The number of hydrogen-bond donors (Lipinski definition) is 0. The molecule has 0 saturated carbocycles. The lowest BCUT2D eigenvalue weighted by Crippen LogP contribution is -2.21. The molecule has 0 spiro atoms. The molecule has 0 fully saturated rings. The van der Waals surface area contributed by atoms with E-state index in [2.05, 4.69) is 49.9 Å². The molecule has 0 N–H and O–H groups in total. The number of aryl methyl sites for hydroxylation is 1. The first-order chi connectivity index (χ1) is 6.81. The van der Waals surface area contributed by atoms with E-state index >= 15 is 0 Å². The van der Waals surface area contributed by atoms with Gasteiger partial charge in [0, 0.05) is 18.8 Å². The van der Waals surface area contributed by atoms with Gasteiger partial charge in [-0.05, 0) is 38.0 Å². The molecule has 0 heterocycles. The molecule has 0 saturated heterocycles. The molecule has 0 aliphatic carbocycles. The molecule has 78 valence electrons. The van der Waals surface area contributed by atoms with E-state index in [9.17, 15) is 0 Å². The van der Waals surface area contributed by atoms with Crippen molar-refractivity contribution in [2.24, 2.45) is 0 Å². The Hall–Kier alpha value is -0.980. The van der Waals surface area contributed by atoms with Crippen molar-refractivity contribution < 1.29 is 0 Å². The minimum absolute atomic E-state index is 1.09. The monoisotopic (exact) mass is 191 g/mol. The molecule has 0 aromatic heterocycles. The zero-order valence-corrected chi connectivity index (χ0v) is 9.59. The van der Waals surface area contributed by atoms with Crippen molar-refractivity contribution in [1.82, 2.24) is 0 Å². The quantitative estimate of drug-likeness (QED) is 0.688. The Balaban J connectivity index is 2.81. The minimum atomic E-state index is 1.09. The molecule has 0 atom stereocenters. The fraction of sp³-hybridized carbons (Fsp3) is 0.538. The van der Waals surface area contributed by atoms with Crippen molar-refractivity contribution in [2.75, 3.05) is 18.0 Å². The topological polar surface area (TPSA) is 3.24 Å². The molecule has 1 nitrogen and oxygen atoms in total. The van der Waals surface area contributed by atoms with Crippen molar-refractivity contribution in [2.45, 2.75) is 33.6 Å². The maximum atomic E-state index is 2.39. The van der Waals surface area contributed by atoms with Gasteiger partial charge in [-0.3, -0.25) is 0 Å². The summed E-state index contributed by atoms with van der Waals surface area (Å²) >= 11 is 0. The second-order valence-corrected chi connectivity index (χ2v) is 3.59. The van der Waals surface area contributed by atoms with Gasteiger partial charge in [0.1, 0.15) is 0 Å². The van der Waals surface area contributed by atoms with E-state index in [1.807, 2.05) is 0 Å². The lowest BCUT2D eigenvalue weighted by molar-refractivity contribution is 0.860. The number of benzene rings is 1. The first-order valence-electron chi connectivity index (χ1n) is 5.65. The van der Waals surface area contributed by atoms with Gasteiger partial charge in [-0.25, -0.2) is 0 Å². The average Bonchev–Trinajstić information content (AvgIpc) is 2.21. The minimum Gasteiger partial charge on any atom is -0.372 e. The maximum absolute atomic E-state index is 2.39. The molecule has 0 radical (unpaired) electrons. The zero-order valence-electron chi connectivity index (χ0n) is 9.59. The third-order valence-corrected chi connectivity index (χ3v) is 2.58. The lowest BCUT2D eigenvalue weighted by Gasteiger charge is -2.21. The van der Waals surface area contributed by atoms with Crippen LogP contribution in [0.1, 0.15) is 32.8 Å². The Kier molecular flexibility index (Phi) is 4.51. The van der Waals surface area contributed by atoms with Crippen molar-refractivity contribution in [3.8, 4) is 0 Å². The van der Waals surface area contributed by atoms with Crippen LogP contribution >= 0.6 is 0 Å².